The first-order valence-electron chi connectivity index (χ1n) is 7.70. The van der Waals surface area contributed by atoms with Crippen molar-refractivity contribution in [2.45, 2.75) is 6.18 Å². The molecule has 0 aliphatic carbocycles. The van der Waals surface area contributed by atoms with Gasteiger partial charge in [-0.05, 0) is 23.8 Å². The van der Waals surface area contributed by atoms with Crippen LogP contribution in [0.4, 0.5) is 30.7 Å². The van der Waals surface area contributed by atoms with Gasteiger partial charge in [-0.2, -0.15) is 13.2 Å². The summed E-state index contributed by atoms with van der Waals surface area (Å²) in [5.41, 5.74) is -2.59. The van der Waals surface area contributed by atoms with Crippen molar-refractivity contribution in [3.8, 4) is 0 Å². The molecule has 0 nitrogen and oxygen atoms in total. The molecule has 0 atom stereocenters. The first-order chi connectivity index (χ1) is 12.4. The Bertz CT molecular complexity index is 465. The van der Waals surface area contributed by atoms with Crippen molar-refractivity contribution in [1.82, 2.24) is 0 Å². The van der Waals surface area contributed by atoms with Gasteiger partial charge in [0.2, 0.25) is 0 Å². The number of halogens is 8. The summed E-state index contributed by atoms with van der Waals surface area (Å²) in [5.74, 6) is -9.43. The standard InChI is InChI=1S/C7F7.3C3H9P.BrH.Co/c8-2-1-3(9)6(11)4(5(2)10)7(12,13)14;3*1-4(2)3;;/h;3*1-3H3;1H;/q-1;;;;;+2/p+2. The van der Waals surface area contributed by atoms with E-state index in [0.717, 1.165) is 6.07 Å². The fourth-order valence-corrected chi connectivity index (χ4v) is 0.771. The van der Waals surface area contributed by atoms with Crippen LogP contribution in [-0.2, 0) is 20.1 Å². The molecule has 0 aromatic heterocycles. The topological polar surface area (TPSA) is 0 Å². The molecule has 0 bridgehead atoms. The molecule has 0 aliphatic rings. The zero-order valence-electron chi connectivity index (χ0n) is 17.4. The third kappa shape index (κ3) is 25.0. The maximum atomic E-state index is 12.4. The molecule has 0 aliphatic heterocycles. The van der Waals surface area contributed by atoms with Gasteiger partial charge in [-0.1, -0.05) is 0 Å². The Kier molecular flexibility index (Phi) is 25.9. The zero-order chi connectivity index (χ0) is 23.8. The van der Waals surface area contributed by atoms with E-state index in [1.807, 2.05) is 0 Å². The predicted molar refractivity (Wildman–Crippen MR) is 117 cm³/mol. The third-order valence-electron chi connectivity index (χ3n) is 1.33. The van der Waals surface area contributed by atoms with Crippen molar-refractivity contribution in [3.63, 3.8) is 0 Å². The number of hydrogen-bond acceptors (Lipinski definition) is 0. The van der Waals surface area contributed by atoms with Crippen LogP contribution in [0.1, 0.15) is 5.56 Å². The van der Waals surface area contributed by atoms with Crippen molar-refractivity contribution < 1.29 is 44.7 Å². The van der Waals surface area contributed by atoms with Crippen LogP contribution in [0.5, 0.6) is 0 Å². The Labute approximate surface area is 183 Å². The summed E-state index contributed by atoms with van der Waals surface area (Å²) in [6.45, 7) is 20.4. The molecule has 12 heteroatoms. The molecule has 0 amide bonds. The van der Waals surface area contributed by atoms with Gasteiger partial charge < -0.3 is 0 Å². The Morgan fingerprint density at radius 3 is 0.964 bits per heavy atom. The monoisotopic (exact) mass is 586 g/mol. The summed E-state index contributed by atoms with van der Waals surface area (Å²) in [4.78, 5) is 0. The van der Waals surface area contributed by atoms with E-state index in [-0.39, 0.29) is 23.8 Å². The molecule has 0 saturated carbocycles. The predicted octanol–water partition coefficient (Wildman–Crippen LogP) is 7.18. The summed E-state index contributed by atoms with van der Waals surface area (Å²) in [7, 11) is 0.361. The van der Waals surface area contributed by atoms with Gasteiger partial charge in [0.05, 0.1) is 11.6 Å². The molecule has 1 rings (SSSR count). The Morgan fingerprint density at radius 1 is 0.643 bits per heavy atom. The molecule has 0 heterocycles. The van der Waals surface area contributed by atoms with E-state index in [1.165, 1.54) is 0 Å². The van der Waals surface area contributed by atoms with Crippen LogP contribution >= 0.6 is 37.9 Å². The molecule has 0 N–H and O–H groups in total. The molecule has 171 valence electrons. The molecular formula is C16H30BrCoF7P3+3. The van der Waals surface area contributed by atoms with E-state index in [0.29, 0.717) is 0 Å². The van der Waals surface area contributed by atoms with Crippen LogP contribution in [0, 0.1) is 29.3 Å². The van der Waals surface area contributed by atoms with Crippen molar-refractivity contribution in [3.05, 3.63) is 34.9 Å². The Balaban J connectivity index is -0.000000170. The number of alkyl halides is 3. The zero-order valence-corrected chi connectivity index (χ0v) is 23.0. The average molecular weight is 587 g/mol. The van der Waals surface area contributed by atoms with Crippen molar-refractivity contribution in [2.24, 2.45) is 0 Å². The Morgan fingerprint density at radius 2 is 0.821 bits per heavy atom. The molecule has 0 radical (unpaired) electrons. The minimum absolute atomic E-state index is 0.120. The summed E-state index contributed by atoms with van der Waals surface area (Å²) in [6, 6.07) is 0.836. The first-order valence-corrected chi connectivity index (χ1v) is 19.3. The number of rotatable bonds is 0. The third-order valence-corrected chi connectivity index (χ3v) is 1.33. The second-order valence-electron chi connectivity index (χ2n) is 6.75. The molecule has 28 heavy (non-hydrogen) atoms. The normalized spacial score (nSPS) is 10.0. The summed E-state index contributed by atoms with van der Waals surface area (Å²) >= 11 is 6.00. The van der Waals surface area contributed by atoms with Crippen LogP contribution in [-0.4, -0.2) is 60.0 Å². The molecule has 1 aromatic rings. The average Bonchev–Trinajstić information content (AvgIpc) is 2.44. The molecule has 0 unspecified atom stereocenters. The molecular weight excluding hydrogens is 557 g/mol. The Hall–Kier alpha value is 1.01. The maximum absolute atomic E-state index is 12.4. The van der Waals surface area contributed by atoms with E-state index < -0.39 is 35.0 Å². The van der Waals surface area contributed by atoms with Gasteiger partial charge in [-0.3, -0.25) is 8.78 Å². The second-order valence-corrected chi connectivity index (χ2v) is 15.8. The fraction of sp³-hybridized carbons (Fsp3) is 0.625. The molecule has 0 saturated heterocycles. The van der Waals surface area contributed by atoms with Gasteiger partial charge in [0.25, 0.3) is 0 Å². The van der Waals surface area contributed by atoms with Gasteiger partial charge in [-0.15, -0.1) is 6.07 Å². The van der Waals surface area contributed by atoms with Crippen LogP contribution in [0.2, 0.25) is 0 Å². The quantitative estimate of drug-likeness (QED) is 0.131. The van der Waals surface area contributed by atoms with Crippen LogP contribution < -0.4 is 0 Å². The fourth-order valence-electron chi connectivity index (χ4n) is 0.771. The van der Waals surface area contributed by atoms with E-state index in [2.05, 4.69) is 88.1 Å². The van der Waals surface area contributed by atoms with E-state index in [9.17, 15) is 30.7 Å². The SMILES string of the molecule is C[PH+](C)C.C[PH+](C)C.C[PH+](C)C.Fc1[c-]c(F)c(F)c(C(F)(F)F)c1F.[Co+][Br]. The van der Waals surface area contributed by atoms with E-state index in [1.54, 1.807) is 0 Å². The van der Waals surface area contributed by atoms with Gasteiger partial charge in [0.15, 0.2) is 0 Å². The van der Waals surface area contributed by atoms with Crippen LogP contribution in [0.3, 0.4) is 0 Å². The second kappa shape index (κ2) is 19.9. The molecule has 0 fully saturated rings. The van der Waals surface area contributed by atoms with Crippen LogP contribution in [0.25, 0.3) is 0 Å². The van der Waals surface area contributed by atoms with Gasteiger partial charge in [0.1, 0.15) is 0 Å². The summed E-state index contributed by atoms with van der Waals surface area (Å²) < 4.78 is 84.8. The van der Waals surface area contributed by atoms with Gasteiger partial charge in [0, 0.05) is 77.2 Å². The number of hydrogen-bond donors (Lipinski definition) is 0. The molecule has 1 aromatic carbocycles. The first kappa shape index (κ1) is 36.4. The van der Waals surface area contributed by atoms with Crippen molar-refractivity contribution in [1.29, 1.82) is 0 Å². The van der Waals surface area contributed by atoms with Crippen molar-refractivity contribution >= 4 is 37.9 Å². The van der Waals surface area contributed by atoms with Crippen LogP contribution in [0.15, 0.2) is 0 Å². The summed E-state index contributed by atoms with van der Waals surface area (Å²) in [5, 5.41) is 0. The van der Waals surface area contributed by atoms with E-state index in [4.69, 9.17) is 0 Å². The number of benzene rings is 1. The van der Waals surface area contributed by atoms with Crippen molar-refractivity contribution in [2.75, 3.05) is 60.0 Å². The van der Waals surface area contributed by atoms with Gasteiger partial charge in [-0.25, -0.2) is 8.78 Å². The van der Waals surface area contributed by atoms with E-state index >= 15 is 0 Å². The van der Waals surface area contributed by atoms with Gasteiger partial charge >= 0.3 is 34.3 Å². The molecule has 0 spiro atoms. The minimum atomic E-state index is -5.50. The summed E-state index contributed by atoms with van der Waals surface area (Å²) in [6.07, 6.45) is -5.50.